The average Bonchev–Trinajstić information content (AvgIpc) is 3.97. The summed E-state index contributed by atoms with van der Waals surface area (Å²) in [5.74, 6) is -5.00. The zero-order chi connectivity index (χ0) is 58.7. The van der Waals surface area contributed by atoms with Crippen molar-refractivity contribution in [3.05, 3.63) is 105 Å². The molecule has 0 radical (unpaired) electrons. The molecule has 5 amide bonds. The number of Topliss-reactive ketones (excluding diaryl/α,β-unsaturated/α-hetero) is 2. The van der Waals surface area contributed by atoms with Gasteiger partial charge in [-0.15, -0.1) is 0 Å². The Morgan fingerprint density at radius 3 is 2.36 bits per heavy atom. The molecule has 0 spiro atoms. The number of rotatable bonds is 25. The van der Waals surface area contributed by atoms with E-state index < -0.39 is 88.0 Å². The highest BCUT2D eigenvalue weighted by atomic mass is 32.2. The van der Waals surface area contributed by atoms with Gasteiger partial charge in [0, 0.05) is 80.2 Å². The van der Waals surface area contributed by atoms with E-state index in [9.17, 15) is 51.6 Å². The molecule has 81 heavy (non-hydrogen) atoms. The number of aromatic nitrogens is 1. The van der Waals surface area contributed by atoms with E-state index in [1.807, 2.05) is 25.7 Å². The molecule has 5 heterocycles. The number of sulfone groups is 1. The first-order valence-electron chi connectivity index (χ1n) is 27.4. The summed E-state index contributed by atoms with van der Waals surface area (Å²) in [7, 11) is -3.55. The molecule has 8 rings (SSSR count). The maximum atomic E-state index is 15.5. The number of ketones is 2. The number of esters is 2. The summed E-state index contributed by atoms with van der Waals surface area (Å²) in [6, 6.07) is 6.61. The molecule has 1 aliphatic carbocycles. The van der Waals surface area contributed by atoms with Crippen molar-refractivity contribution in [1.29, 1.82) is 0 Å². The number of ether oxygens (including phenoxy) is 3. The lowest BCUT2D eigenvalue weighted by Crippen LogP contribution is -2.44. The zero-order valence-corrected chi connectivity index (χ0v) is 47.6. The van der Waals surface area contributed by atoms with Gasteiger partial charge in [0.05, 0.1) is 52.3 Å². The smallest absolute Gasteiger partial charge is 0.411 e. The van der Waals surface area contributed by atoms with E-state index >= 15 is 4.39 Å². The van der Waals surface area contributed by atoms with Gasteiger partial charge in [-0.2, -0.15) is 0 Å². The van der Waals surface area contributed by atoms with E-state index in [2.05, 4.69) is 10.6 Å². The maximum absolute atomic E-state index is 15.5. The topological polar surface area (TPSA) is 262 Å². The van der Waals surface area contributed by atoms with Gasteiger partial charge in [0.2, 0.25) is 11.8 Å². The molecule has 1 aromatic heterocycles. The van der Waals surface area contributed by atoms with Crippen LogP contribution < -0.4 is 10.6 Å². The minimum Gasteiger partial charge on any atom is -0.444 e. The van der Waals surface area contributed by atoms with Crippen molar-refractivity contribution in [2.75, 3.05) is 45.0 Å². The number of amides is 5. The first-order valence-corrected chi connectivity index (χ1v) is 29.5. The molecule has 4 aliphatic heterocycles. The van der Waals surface area contributed by atoms with Crippen molar-refractivity contribution in [2.45, 2.75) is 125 Å². The highest BCUT2D eigenvalue weighted by Crippen LogP contribution is 2.50. The monoisotopic (exact) mass is 1140 g/mol. The Morgan fingerprint density at radius 1 is 0.975 bits per heavy atom. The molecule has 20 nitrogen and oxygen atoms in total. The number of imide groups is 1. The quantitative estimate of drug-likeness (QED) is 0.0337. The third-order valence-corrected chi connectivity index (χ3v) is 17.0. The predicted octanol–water partition coefficient (Wildman–Crippen LogP) is 5.74. The van der Waals surface area contributed by atoms with Gasteiger partial charge in [0.25, 0.3) is 11.8 Å². The molecule has 22 heteroatoms. The van der Waals surface area contributed by atoms with Gasteiger partial charge in [-0.3, -0.25) is 43.4 Å². The Morgan fingerprint density at radius 2 is 1.68 bits per heavy atom. The number of nitrogens with zero attached hydrogens (tertiary/aromatic N) is 4. The normalized spacial score (nSPS) is 19.0. The highest BCUT2D eigenvalue weighted by molar-refractivity contribution is 7.90. The number of halogens is 1. The first kappa shape index (κ1) is 59.7. The maximum Gasteiger partial charge on any atom is 0.411 e. The van der Waals surface area contributed by atoms with Crippen molar-refractivity contribution < 1.29 is 70.2 Å². The van der Waals surface area contributed by atoms with Crippen LogP contribution in [-0.4, -0.2) is 132 Å². The molecule has 2 aromatic carbocycles. The lowest BCUT2D eigenvalue weighted by atomic mass is 9.74. The summed E-state index contributed by atoms with van der Waals surface area (Å²) < 4.78 is 56.4. The van der Waals surface area contributed by atoms with Crippen molar-refractivity contribution in [2.24, 2.45) is 17.3 Å². The van der Waals surface area contributed by atoms with Crippen LogP contribution in [-0.2, 0) is 88.4 Å². The number of hydrogen-bond acceptors (Lipinski definition) is 16. The van der Waals surface area contributed by atoms with E-state index in [-0.39, 0.29) is 74.8 Å². The zero-order valence-electron chi connectivity index (χ0n) is 46.7. The van der Waals surface area contributed by atoms with E-state index in [1.165, 1.54) is 18.2 Å². The Hall–Kier alpha value is -7.46. The van der Waals surface area contributed by atoms with Crippen molar-refractivity contribution in [3.8, 4) is 0 Å². The van der Waals surface area contributed by atoms with Gasteiger partial charge in [-0.1, -0.05) is 51.5 Å². The molecule has 3 aromatic rings. The van der Waals surface area contributed by atoms with Crippen LogP contribution in [0.4, 0.5) is 9.18 Å². The van der Waals surface area contributed by atoms with Crippen molar-refractivity contribution >= 4 is 79.7 Å². The van der Waals surface area contributed by atoms with Gasteiger partial charge in [0.1, 0.15) is 41.4 Å². The molecule has 5 aliphatic rings. The van der Waals surface area contributed by atoms with Crippen molar-refractivity contribution in [1.82, 2.24) is 30.3 Å². The number of nitrogens with one attached hydrogen (secondary N) is 2. The molecular formula is C59H69FN6O14S. The van der Waals surface area contributed by atoms with Gasteiger partial charge in [-0.25, -0.2) is 27.4 Å². The molecule has 432 valence electrons. The number of aryl methyl sites for hydroxylation is 1. The van der Waals surface area contributed by atoms with Crippen molar-refractivity contribution in [3.63, 3.8) is 0 Å². The lowest BCUT2D eigenvalue weighted by Gasteiger charge is -2.37. The number of carbonyl (C=O) groups is 9. The molecule has 0 saturated carbocycles. The second kappa shape index (κ2) is 24.7. The lowest BCUT2D eigenvalue weighted by molar-refractivity contribution is -0.165. The summed E-state index contributed by atoms with van der Waals surface area (Å²) in [6.07, 6.45) is 7.57. The van der Waals surface area contributed by atoms with E-state index in [0.717, 1.165) is 38.1 Å². The Balaban J connectivity index is 0.837. The predicted molar refractivity (Wildman–Crippen MR) is 293 cm³/mol. The highest BCUT2D eigenvalue weighted by Gasteiger charge is 2.49. The molecule has 4 atom stereocenters. The van der Waals surface area contributed by atoms with E-state index in [4.69, 9.17) is 19.2 Å². The number of carbonyl (C=O) groups excluding carboxylic acids is 9. The third kappa shape index (κ3) is 13.3. The Bertz CT molecular complexity index is 3300. The fourth-order valence-corrected chi connectivity index (χ4v) is 11.5. The van der Waals surface area contributed by atoms with Gasteiger partial charge >= 0.3 is 18.0 Å². The Labute approximate surface area is 469 Å². The molecule has 0 unspecified atom stereocenters. The number of pyridine rings is 1. The van der Waals surface area contributed by atoms with Crippen LogP contribution in [0.15, 0.2) is 59.7 Å². The SMILES string of the molecule is CC[C@@]1(C)C(=O)OC(=O)C2=C1C=C1c3nc4cc(F)c(C)c5c4c(c3CN1C2)[C@@H](NC(=O)COCN(CCS(C)(=O)=O)C(=O)OCc1ccc(CC(=O)[C@H](C)NC(=O)[C@@H](CC(=O)CCCCCN2C(=O)C=CC2=O)C(C)C)cc1)CC5. The molecule has 0 saturated heterocycles. The molecule has 0 bridgehead atoms. The fourth-order valence-electron chi connectivity index (χ4n) is 11.0. The molecule has 0 fully saturated rings. The largest absolute Gasteiger partial charge is 0.444 e. The van der Waals surface area contributed by atoms with Gasteiger partial charge in [-0.05, 0) is 98.3 Å². The number of fused-ring (bicyclic) bond motifs is 4. The van der Waals surface area contributed by atoms with Gasteiger partial charge in [0.15, 0.2) is 5.78 Å². The average molecular weight is 1140 g/mol. The van der Waals surface area contributed by atoms with Crippen LogP contribution in [0, 0.1) is 30.0 Å². The summed E-state index contributed by atoms with van der Waals surface area (Å²) in [6.45, 7) is 9.73. The van der Waals surface area contributed by atoms with Crippen LogP contribution in [0.25, 0.3) is 16.6 Å². The minimum absolute atomic E-state index is 0.0114. The standard InChI is InChI=1S/C59H69FN6O14S/c1-8-59(6)43-26-47-54-42(29-65(47)28-41(43)56(73)80-57(59)74)53-45(18-17-39-34(4)44(60)27-46(63-54)52(39)53)62-49(69)31-78-32-64(22-23-81(7,76)77)58(75)79-30-37-15-13-36(14-16-37)24-48(68)35(5)61-55(72)40(33(2)3)25-38(67)12-10-9-11-21-66-50(70)19-20-51(66)71/h13-16,19-20,26-27,33,35,40,45H,8-12,17-18,21-25,28-32H2,1-7H3,(H,61,72)(H,62,69)/t35-,40-,45-,59+/m0/s1. The minimum atomic E-state index is -3.55. The fraction of sp³-hybridized carbons (Fsp3) is 0.492. The third-order valence-electron chi connectivity index (χ3n) is 16.1. The second-order valence-corrected chi connectivity index (χ2v) is 24.4. The number of hydrogen-bond donors (Lipinski definition) is 2. The first-order chi connectivity index (χ1) is 38.4. The summed E-state index contributed by atoms with van der Waals surface area (Å²) in [4.78, 5) is 125. The second-order valence-electron chi connectivity index (χ2n) is 22.2. The molecule has 2 N–H and O–H groups in total. The Kier molecular flexibility index (Phi) is 18.2. The van der Waals surface area contributed by atoms with Crippen LogP contribution in [0.1, 0.15) is 125 Å². The van der Waals surface area contributed by atoms with Crippen LogP contribution in [0.3, 0.4) is 0 Å². The number of unbranched alkanes of at least 4 members (excludes halogenated alkanes) is 2. The van der Waals surface area contributed by atoms with Crippen LogP contribution in [0.5, 0.6) is 0 Å². The van der Waals surface area contributed by atoms with E-state index in [0.29, 0.717) is 89.8 Å². The number of allylic oxidation sites excluding steroid dienone is 1. The summed E-state index contributed by atoms with van der Waals surface area (Å²) in [5, 5.41) is 6.56. The number of benzene rings is 2. The van der Waals surface area contributed by atoms with Crippen LogP contribution in [0.2, 0.25) is 0 Å². The summed E-state index contributed by atoms with van der Waals surface area (Å²) >= 11 is 0. The van der Waals surface area contributed by atoms with E-state index in [1.54, 1.807) is 51.1 Å². The molecular weight excluding hydrogens is 1070 g/mol. The van der Waals surface area contributed by atoms with Gasteiger partial charge < -0.3 is 29.7 Å². The summed E-state index contributed by atoms with van der Waals surface area (Å²) in [5.41, 5.74) is 5.45. The van der Waals surface area contributed by atoms with Crippen LogP contribution >= 0.6 is 0 Å². The number of cyclic esters (lactones) is 2.